The van der Waals surface area contributed by atoms with E-state index in [9.17, 15) is 14.7 Å². The Hall–Kier alpha value is -5.19. The van der Waals surface area contributed by atoms with Gasteiger partial charge in [0.05, 0.1) is 5.39 Å². The van der Waals surface area contributed by atoms with Gasteiger partial charge in [-0.15, -0.1) is 15.0 Å². The number of aromatic nitrogens is 6. The average molecular weight is 678 g/mol. The molecule has 1 unspecified atom stereocenters. The van der Waals surface area contributed by atoms with Gasteiger partial charge in [0.25, 0.3) is 0 Å². The molecule has 0 fully saturated rings. The van der Waals surface area contributed by atoms with Crippen LogP contribution in [0.3, 0.4) is 0 Å². The Morgan fingerprint density at radius 2 is 1.71 bits per heavy atom. The molecule has 1 atom stereocenters. The minimum atomic E-state index is -1.13. The van der Waals surface area contributed by atoms with E-state index in [1.54, 1.807) is 29.7 Å². The van der Waals surface area contributed by atoms with Gasteiger partial charge in [0, 0.05) is 24.1 Å². The molecule has 15 nitrogen and oxygen atoms in total. The van der Waals surface area contributed by atoms with Crippen LogP contribution < -0.4 is 4.74 Å². The van der Waals surface area contributed by atoms with Crippen LogP contribution >= 0.6 is 11.6 Å². The summed E-state index contributed by atoms with van der Waals surface area (Å²) < 4.78 is 12.3. The lowest BCUT2D eigenvalue weighted by molar-refractivity contribution is -0.497. The lowest BCUT2D eigenvalue weighted by atomic mass is 9.98. The lowest BCUT2D eigenvalue weighted by Crippen LogP contribution is -2.20. The second-order valence-corrected chi connectivity index (χ2v) is 10.9. The van der Waals surface area contributed by atoms with Crippen LogP contribution in [-0.2, 0) is 29.1 Å². The summed E-state index contributed by atoms with van der Waals surface area (Å²) in [5.74, 6) is -0.117. The summed E-state index contributed by atoms with van der Waals surface area (Å²) >= 11 is 6.19. The van der Waals surface area contributed by atoms with E-state index in [0.29, 0.717) is 35.7 Å². The van der Waals surface area contributed by atoms with Crippen LogP contribution in [0.15, 0.2) is 72.8 Å². The van der Waals surface area contributed by atoms with Gasteiger partial charge in [-0.3, -0.25) is 10.4 Å². The highest BCUT2D eigenvalue weighted by Crippen LogP contribution is 2.31. The number of carboxylic acid groups (broad SMARTS) is 1. The Morgan fingerprint density at radius 1 is 1.00 bits per heavy atom. The molecular weight excluding hydrogens is 646 g/mol. The largest absolute Gasteiger partial charge is 0.515 e. The number of benzene rings is 3. The van der Waals surface area contributed by atoms with Crippen molar-refractivity contribution in [3.8, 4) is 28.3 Å². The fourth-order valence-corrected chi connectivity index (χ4v) is 5.19. The smallest absolute Gasteiger partial charge is 0.476 e. The number of carbonyl (C=O) groups is 2. The molecule has 250 valence electrons. The minimum Gasteiger partial charge on any atom is -0.476 e. The number of ether oxygens (including phenoxy) is 2. The predicted octanol–water partition coefficient (Wildman–Crippen LogP) is 6.19. The van der Waals surface area contributed by atoms with Gasteiger partial charge in [0.1, 0.15) is 18.2 Å². The molecule has 3 N–H and O–H groups in total. The zero-order valence-corrected chi connectivity index (χ0v) is 26.7. The Kier molecular flexibility index (Phi) is 11.1. The van der Waals surface area contributed by atoms with E-state index in [4.69, 9.17) is 31.5 Å². The Bertz CT molecular complexity index is 1880. The van der Waals surface area contributed by atoms with Gasteiger partial charge in [-0.25, -0.2) is 19.4 Å². The quantitative estimate of drug-likeness (QED) is 0.0686. The van der Waals surface area contributed by atoms with Crippen molar-refractivity contribution in [1.82, 2.24) is 35.1 Å². The maximum absolute atomic E-state index is 12.5. The van der Waals surface area contributed by atoms with E-state index in [1.807, 2.05) is 48.5 Å². The van der Waals surface area contributed by atoms with Crippen LogP contribution in [0.4, 0.5) is 4.79 Å². The number of carboxylic acids is 1. The number of rotatable bonds is 14. The van der Waals surface area contributed by atoms with E-state index >= 15 is 0 Å². The Labute approximate surface area is 279 Å². The van der Waals surface area contributed by atoms with Gasteiger partial charge in [-0.05, 0) is 41.3 Å². The van der Waals surface area contributed by atoms with Crippen LogP contribution in [0.1, 0.15) is 60.4 Å². The number of hydrogen-bond acceptors (Lipinski definition) is 12. The number of nitrogens with zero attached hydrogens (tertiary/aromatic N) is 7. The minimum absolute atomic E-state index is 0.0222. The molecule has 2 aromatic heterocycles. The highest BCUT2D eigenvalue weighted by Gasteiger charge is 2.22. The van der Waals surface area contributed by atoms with Gasteiger partial charge < -0.3 is 19.1 Å². The maximum Gasteiger partial charge on any atom is 0.515 e. The van der Waals surface area contributed by atoms with Crippen molar-refractivity contribution in [1.29, 1.82) is 0 Å². The van der Waals surface area contributed by atoms with Crippen LogP contribution in [0.25, 0.3) is 22.5 Å². The fraction of sp³-hybridized carbons (Fsp3) is 0.250. The van der Waals surface area contributed by atoms with Gasteiger partial charge in [0.15, 0.2) is 10.8 Å². The third kappa shape index (κ3) is 8.20. The zero-order valence-electron chi connectivity index (χ0n) is 25.9. The first-order chi connectivity index (χ1) is 23.1. The summed E-state index contributed by atoms with van der Waals surface area (Å²) in [5, 5.41) is 39.6. The van der Waals surface area contributed by atoms with E-state index in [-0.39, 0.29) is 23.2 Å². The van der Waals surface area contributed by atoms with Crippen molar-refractivity contribution in [2.45, 2.75) is 52.5 Å². The molecule has 0 saturated heterocycles. The third-order valence-corrected chi connectivity index (χ3v) is 7.52. The molecule has 48 heavy (non-hydrogen) atoms. The topological polar surface area (TPSA) is 187 Å². The summed E-state index contributed by atoms with van der Waals surface area (Å²) in [6, 6.07) is 21.5. The molecule has 0 spiro atoms. The van der Waals surface area contributed by atoms with Crippen LogP contribution in [0.5, 0.6) is 5.75 Å². The highest BCUT2D eigenvalue weighted by molar-refractivity contribution is 6.32. The van der Waals surface area contributed by atoms with E-state index < -0.39 is 23.7 Å². The SMILES string of the molecule is CCCCc1nc(Cl)c(C(=O)O)n1Cc1ccc(-c2ccccc2-c2nnn(C(C)OC(=O)Oc3ccccc3CON(O)O)n2)cc1. The first-order valence-corrected chi connectivity index (χ1v) is 15.3. The number of aryl methyl sites for hydroxylation is 1. The third-order valence-electron chi connectivity index (χ3n) is 7.26. The van der Waals surface area contributed by atoms with Crippen LogP contribution in [0.2, 0.25) is 5.15 Å². The number of tetrazole rings is 1. The number of para-hydroxylation sites is 1. The molecule has 5 rings (SSSR count). The van der Waals surface area contributed by atoms with Crippen molar-refractivity contribution in [2.75, 3.05) is 0 Å². The molecule has 0 aliphatic heterocycles. The number of hydrogen-bond donors (Lipinski definition) is 3. The Balaban J connectivity index is 1.29. The van der Waals surface area contributed by atoms with Crippen molar-refractivity contribution >= 4 is 23.7 Å². The second-order valence-electron chi connectivity index (χ2n) is 10.5. The van der Waals surface area contributed by atoms with Gasteiger partial charge >= 0.3 is 12.1 Å². The number of imidazole rings is 1. The molecule has 0 saturated carbocycles. The molecule has 16 heteroatoms. The van der Waals surface area contributed by atoms with Crippen molar-refractivity contribution < 1.29 is 39.4 Å². The van der Waals surface area contributed by atoms with Crippen molar-refractivity contribution in [2.24, 2.45) is 0 Å². The normalized spacial score (nSPS) is 11.9. The van der Waals surface area contributed by atoms with E-state index in [2.05, 4.69) is 32.2 Å². The van der Waals surface area contributed by atoms with Crippen LogP contribution in [0, 0.1) is 0 Å². The zero-order chi connectivity index (χ0) is 34.2. The van der Waals surface area contributed by atoms with Gasteiger partial charge in [-0.2, -0.15) is 0 Å². The molecule has 0 radical (unpaired) electrons. The first kappa shape index (κ1) is 34.2. The number of unbranched alkanes of at least 4 members (excludes halogenated alkanes) is 1. The van der Waals surface area contributed by atoms with E-state index in [1.165, 1.54) is 6.07 Å². The predicted molar refractivity (Wildman–Crippen MR) is 169 cm³/mol. The molecule has 0 aliphatic carbocycles. The Morgan fingerprint density at radius 3 is 2.42 bits per heavy atom. The summed E-state index contributed by atoms with van der Waals surface area (Å²) in [7, 11) is 0. The van der Waals surface area contributed by atoms with Crippen molar-refractivity contribution in [3.63, 3.8) is 0 Å². The van der Waals surface area contributed by atoms with Gasteiger partial charge in [-0.1, -0.05) is 91.7 Å². The number of aromatic carboxylic acids is 1. The highest BCUT2D eigenvalue weighted by atomic mass is 35.5. The molecule has 3 aromatic carbocycles. The average Bonchev–Trinajstić information content (AvgIpc) is 3.68. The molecule has 5 aromatic rings. The molecular formula is C32H32ClN7O8. The summed E-state index contributed by atoms with van der Waals surface area (Å²) in [5.41, 5.74) is 3.55. The molecule has 0 bridgehead atoms. The van der Waals surface area contributed by atoms with Gasteiger partial charge in [0.2, 0.25) is 12.1 Å². The summed E-state index contributed by atoms with van der Waals surface area (Å²) in [6.45, 7) is 3.60. The van der Waals surface area contributed by atoms with Crippen LogP contribution in [-0.4, -0.2) is 62.8 Å². The lowest BCUT2D eigenvalue weighted by Gasteiger charge is -2.14. The number of halogens is 1. The molecule has 2 heterocycles. The molecule has 0 aliphatic rings. The monoisotopic (exact) mass is 677 g/mol. The fourth-order valence-electron chi connectivity index (χ4n) is 4.91. The standard InChI is InChI=1S/C32H32ClN7O8/c1-3-4-13-27-34-29(33)28(31(41)42)38(27)18-21-14-16-22(17-15-21)24-10-6-7-11-25(24)30-35-37-39(36-30)20(2)47-32(43)48-26-12-8-5-9-23(26)19-46-40(44)45/h5-12,14-17,20,44-45H,3-4,13,18-19H2,1-2H3,(H,41,42). The van der Waals surface area contributed by atoms with E-state index in [0.717, 1.165) is 34.3 Å². The second kappa shape index (κ2) is 15.6. The molecule has 0 amide bonds. The number of carbonyl (C=O) groups excluding carboxylic acids is 1. The first-order valence-electron chi connectivity index (χ1n) is 14.9. The maximum atomic E-state index is 12.5. The summed E-state index contributed by atoms with van der Waals surface area (Å²) in [6.07, 6.45) is 0.370. The van der Waals surface area contributed by atoms with Crippen molar-refractivity contribution in [3.05, 3.63) is 101 Å². The summed E-state index contributed by atoms with van der Waals surface area (Å²) in [4.78, 5) is 34.5.